The van der Waals surface area contributed by atoms with Crippen molar-refractivity contribution in [3.05, 3.63) is 78.1 Å². The first-order chi connectivity index (χ1) is 14.2. The lowest BCUT2D eigenvalue weighted by Crippen LogP contribution is -2.06. The van der Waals surface area contributed by atoms with E-state index in [1.807, 2.05) is 13.0 Å². The van der Waals surface area contributed by atoms with Gasteiger partial charge in [0.05, 0.1) is 28.8 Å². The van der Waals surface area contributed by atoms with Crippen LogP contribution in [0.1, 0.15) is 24.2 Å². The molecule has 0 saturated heterocycles. The first-order valence-electron chi connectivity index (χ1n) is 8.98. The third-order valence-corrected chi connectivity index (χ3v) is 3.06. The number of aryl methyl sites for hydroxylation is 1. The van der Waals surface area contributed by atoms with Crippen molar-refractivity contribution >= 4 is 11.9 Å². The predicted octanol–water partition coefficient (Wildman–Crippen LogP) is 4.67. The summed E-state index contributed by atoms with van der Waals surface area (Å²) in [5.74, 6) is -0.587. The van der Waals surface area contributed by atoms with Crippen LogP contribution in [0.5, 0.6) is 5.75 Å². The van der Waals surface area contributed by atoms with Gasteiger partial charge in [-0.05, 0) is 43.2 Å². The SMILES string of the molecule is C=C/C(C)=C\C(O)=C\C(=O)OC.C=CCOc1cc(C)ccc1C(=O)OC.[2H]CF. The van der Waals surface area contributed by atoms with Crippen LogP contribution in [0, 0.1) is 6.92 Å². The molecule has 0 saturated carbocycles. The normalized spacial score (nSPS) is 10.7. The molecule has 0 bridgehead atoms. The number of rotatable bonds is 7. The minimum atomic E-state index is -1.00. The Kier molecular flexibility index (Phi) is 14.9. The number of alkyl halides is 1. The molecule has 0 aromatic heterocycles. The number of esters is 2. The molecular formula is C22H29FO6. The van der Waals surface area contributed by atoms with Crippen LogP contribution in [0.4, 0.5) is 4.39 Å². The molecule has 7 heteroatoms. The summed E-state index contributed by atoms with van der Waals surface area (Å²) in [5, 5.41) is 9.09. The molecule has 0 spiro atoms. The summed E-state index contributed by atoms with van der Waals surface area (Å²) in [6.45, 7) is 11.1. The van der Waals surface area contributed by atoms with Crippen LogP contribution >= 0.6 is 0 Å². The lowest BCUT2D eigenvalue weighted by atomic mass is 10.1. The van der Waals surface area contributed by atoms with Crippen molar-refractivity contribution in [1.82, 2.24) is 0 Å². The summed E-state index contributed by atoms with van der Waals surface area (Å²) in [7, 11) is 1.59. The van der Waals surface area contributed by atoms with E-state index in [1.165, 1.54) is 20.3 Å². The quantitative estimate of drug-likeness (QED) is 0.232. The number of halogens is 1. The van der Waals surface area contributed by atoms with Gasteiger partial charge in [0.25, 0.3) is 0 Å². The number of ether oxygens (including phenoxy) is 3. The monoisotopic (exact) mass is 409 g/mol. The van der Waals surface area contributed by atoms with Gasteiger partial charge < -0.3 is 19.3 Å². The summed E-state index contributed by atoms with van der Waals surface area (Å²) >= 11 is 0. The molecule has 29 heavy (non-hydrogen) atoms. The van der Waals surface area contributed by atoms with Gasteiger partial charge in [-0.15, -0.1) is 0 Å². The van der Waals surface area contributed by atoms with Gasteiger partial charge in [-0.1, -0.05) is 31.4 Å². The molecule has 1 aromatic rings. The van der Waals surface area contributed by atoms with Gasteiger partial charge in [0.1, 0.15) is 23.7 Å². The van der Waals surface area contributed by atoms with E-state index >= 15 is 0 Å². The summed E-state index contributed by atoms with van der Waals surface area (Å²) in [5.41, 5.74) is 2.24. The first kappa shape index (κ1) is 25.6. The summed E-state index contributed by atoms with van der Waals surface area (Å²) < 4.78 is 29.8. The van der Waals surface area contributed by atoms with E-state index in [0.717, 1.165) is 17.2 Å². The Morgan fingerprint density at radius 2 is 1.86 bits per heavy atom. The molecule has 1 rings (SSSR count). The van der Waals surface area contributed by atoms with Gasteiger partial charge >= 0.3 is 11.9 Å². The number of aliphatic hydroxyl groups excluding tert-OH is 1. The fourth-order valence-electron chi connectivity index (χ4n) is 1.69. The lowest BCUT2D eigenvalue weighted by Gasteiger charge is -2.09. The molecule has 1 N–H and O–H groups in total. The summed E-state index contributed by atoms with van der Waals surface area (Å²) in [6, 6.07) is 5.34. The maximum Gasteiger partial charge on any atom is 0.341 e. The zero-order valence-corrected chi connectivity index (χ0v) is 17.2. The largest absolute Gasteiger partial charge is 0.508 e. The highest BCUT2D eigenvalue weighted by Gasteiger charge is 2.12. The number of carbonyl (C=O) groups excluding carboxylic acids is 2. The second kappa shape index (κ2) is 16.8. The Balaban J connectivity index is 0. The summed E-state index contributed by atoms with van der Waals surface area (Å²) in [4.78, 5) is 22.0. The Hall–Kier alpha value is -3.35. The second-order valence-electron chi connectivity index (χ2n) is 5.28. The van der Waals surface area contributed by atoms with Crippen LogP contribution in [0.3, 0.4) is 0 Å². The van der Waals surface area contributed by atoms with Crippen LogP contribution in [0.15, 0.2) is 67.0 Å². The Labute approximate surface area is 173 Å². The van der Waals surface area contributed by atoms with Gasteiger partial charge in [-0.3, -0.25) is 4.39 Å². The predicted molar refractivity (Wildman–Crippen MR) is 112 cm³/mol. The molecule has 1 aromatic carbocycles. The maximum absolute atomic E-state index is 11.4. The Bertz CT molecular complexity index is 756. The minimum absolute atomic E-state index is 0.140. The topological polar surface area (TPSA) is 82.1 Å². The first-order valence-corrected chi connectivity index (χ1v) is 8.27. The van der Waals surface area contributed by atoms with E-state index in [9.17, 15) is 14.0 Å². The molecular weight excluding hydrogens is 379 g/mol. The lowest BCUT2D eigenvalue weighted by molar-refractivity contribution is -0.135. The maximum atomic E-state index is 11.4. The van der Waals surface area contributed by atoms with Crippen molar-refractivity contribution in [2.24, 2.45) is 0 Å². The molecule has 0 unspecified atom stereocenters. The second-order valence-corrected chi connectivity index (χ2v) is 5.28. The van der Waals surface area contributed by atoms with E-state index in [0.29, 0.717) is 17.9 Å². The number of methoxy groups -OCH3 is 2. The molecule has 0 heterocycles. The number of aliphatic hydroxyl groups is 1. The molecule has 0 aliphatic heterocycles. The van der Waals surface area contributed by atoms with Crippen molar-refractivity contribution in [2.45, 2.75) is 13.8 Å². The van der Waals surface area contributed by atoms with Crippen LogP contribution < -0.4 is 4.74 Å². The van der Waals surface area contributed by atoms with E-state index in [2.05, 4.69) is 22.6 Å². The molecule has 160 valence electrons. The van der Waals surface area contributed by atoms with Gasteiger partial charge in [0.2, 0.25) is 0 Å². The van der Waals surface area contributed by atoms with E-state index in [4.69, 9.17) is 11.2 Å². The molecule has 0 aliphatic rings. The molecule has 0 atom stereocenters. The van der Waals surface area contributed by atoms with E-state index < -0.39 is 19.1 Å². The van der Waals surface area contributed by atoms with Crippen LogP contribution in [-0.2, 0) is 14.3 Å². The Morgan fingerprint density at radius 3 is 2.34 bits per heavy atom. The number of carbonyl (C=O) groups is 2. The van der Waals surface area contributed by atoms with Gasteiger partial charge in [0.15, 0.2) is 0 Å². The standard InChI is InChI=1S/C12H14O3.C9H12O3.CH3F/c1-4-7-15-11-8-9(2)5-6-10(11)12(13)14-3;1-4-7(2)5-8(10)6-9(11)12-3;1-2/h4-6,8H,1,7H2,2-3H3;4-6,10H,1H2,2-3H3;1H3/b;7-5-,8-6-;/i;;1D. The fraction of sp³-hybridized carbons (Fsp3) is 0.273. The van der Waals surface area contributed by atoms with Crippen molar-refractivity contribution in [3.8, 4) is 5.75 Å². The molecule has 0 amide bonds. The highest BCUT2D eigenvalue weighted by atomic mass is 19.1. The zero-order chi connectivity index (χ0) is 23.5. The number of hydrogen-bond acceptors (Lipinski definition) is 6. The van der Waals surface area contributed by atoms with Crippen LogP contribution in [0.2, 0.25) is 0 Å². The molecule has 0 aliphatic carbocycles. The smallest absolute Gasteiger partial charge is 0.341 e. The third-order valence-electron chi connectivity index (χ3n) is 3.06. The number of hydrogen-bond donors (Lipinski definition) is 1. The molecule has 0 radical (unpaired) electrons. The van der Waals surface area contributed by atoms with Crippen molar-refractivity contribution < 1.29 is 34.7 Å². The van der Waals surface area contributed by atoms with Crippen molar-refractivity contribution in [2.75, 3.05) is 28.0 Å². The Morgan fingerprint density at radius 1 is 1.24 bits per heavy atom. The van der Waals surface area contributed by atoms with Gasteiger partial charge in [-0.2, -0.15) is 0 Å². The summed E-state index contributed by atoms with van der Waals surface area (Å²) in [6.07, 6.45) is 5.61. The van der Waals surface area contributed by atoms with Gasteiger partial charge in [-0.25, -0.2) is 9.59 Å². The van der Waals surface area contributed by atoms with E-state index in [1.54, 1.807) is 31.2 Å². The van der Waals surface area contributed by atoms with E-state index in [-0.39, 0.29) is 5.76 Å². The minimum Gasteiger partial charge on any atom is -0.508 e. The molecule has 6 nitrogen and oxygen atoms in total. The number of allylic oxidation sites excluding steroid dienone is 3. The fourth-order valence-corrected chi connectivity index (χ4v) is 1.69. The average molecular weight is 409 g/mol. The highest BCUT2D eigenvalue weighted by molar-refractivity contribution is 5.92. The van der Waals surface area contributed by atoms with Gasteiger partial charge in [0, 0.05) is 0 Å². The molecule has 0 fully saturated rings. The van der Waals surface area contributed by atoms with Crippen molar-refractivity contribution in [3.63, 3.8) is 0 Å². The van der Waals surface area contributed by atoms with Crippen LogP contribution in [0.25, 0.3) is 0 Å². The average Bonchev–Trinajstić information content (AvgIpc) is 2.72. The highest BCUT2D eigenvalue weighted by Crippen LogP contribution is 2.21. The third kappa shape index (κ3) is 12.6. The zero-order valence-electron chi connectivity index (χ0n) is 18.2. The van der Waals surface area contributed by atoms with Crippen LogP contribution in [-0.4, -0.2) is 45.0 Å². The van der Waals surface area contributed by atoms with Crippen molar-refractivity contribution in [1.29, 1.82) is 0 Å². The number of benzene rings is 1.